The van der Waals surface area contributed by atoms with Gasteiger partial charge in [0.25, 0.3) is 0 Å². The van der Waals surface area contributed by atoms with Gasteiger partial charge in [-0.3, -0.25) is 4.79 Å². The van der Waals surface area contributed by atoms with E-state index in [0.29, 0.717) is 5.56 Å². The average molecular weight is 230 g/mol. The molecule has 17 heavy (non-hydrogen) atoms. The van der Waals surface area contributed by atoms with Gasteiger partial charge in [-0.05, 0) is 29.6 Å². The van der Waals surface area contributed by atoms with E-state index in [0.717, 1.165) is 5.56 Å². The Morgan fingerprint density at radius 3 is 2.71 bits per heavy atom. The number of benzene rings is 1. The van der Waals surface area contributed by atoms with Crippen molar-refractivity contribution in [3.8, 4) is 6.07 Å². The fourth-order valence-electron chi connectivity index (χ4n) is 1.31. The molecule has 6 nitrogen and oxygen atoms in total. The van der Waals surface area contributed by atoms with Crippen molar-refractivity contribution in [3.05, 3.63) is 45.8 Å². The van der Waals surface area contributed by atoms with E-state index in [2.05, 4.69) is 14.8 Å². The van der Waals surface area contributed by atoms with Crippen LogP contribution in [-0.4, -0.2) is 19.1 Å². The molecule has 1 aromatic carbocycles. The lowest BCUT2D eigenvalue weighted by Crippen LogP contribution is -2.22. The second-order valence-corrected chi connectivity index (χ2v) is 3.26. The van der Waals surface area contributed by atoms with E-state index in [4.69, 9.17) is 10.8 Å². The maximum absolute atomic E-state index is 11.3. The molecule has 0 aliphatic rings. The van der Waals surface area contributed by atoms with Gasteiger partial charge in [-0.2, -0.15) is 5.26 Å². The molecule has 0 heterocycles. The molecule has 0 spiro atoms. The van der Waals surface area contributed by atoms with Crippen LogP contribution < -0.4 is 0 Å². The Balaban J connectivity index is 2.82. The number of nitriles is 1. The molecule has 1 rings (SSSR count). The standard InChI is InChI=1S/C11H10N4O2/c1-17-11(16)10(14-15-13)6-8-2-4-9(7-12)5-3-8/h2-5,10H,6H2,1H3/t10-/m0/s1. The highest BCUT2D eigenvalue weighted by Crippen LogP contribution is 2.09. The number of rotatable bonds is 4. The third kappa shape index (κ3) is 3.52. The van der Waals surface area contributed by atoms with Gasteiger partial charge in [0.1, 0.15) is 6.04 Å². The van der Waals surface area contributed by atoms with E-state index in [1.807, 2.05) is 6.07 Å². The van der Waals surface area contributed by atoms with Crippen molar-refractivity contribution in [2.24, 2.45) is 5.11 Å². The van der Waals surface area contributed by atoms with Gasteiger partial charge < -0.3 is 4.74 Å². The van der Waals surface area contributed by atoms with Crippen LogP contribution in [0.4, 0.5) is 0 Å². The Labute approximate surface area is 98.1 Å². The quantitative estimate of drug-likeness (QED) is 0.342. The number of hydrogen-bond acceptors (Lipinski definition) is 4. The second kappa shape index (κ2) is 6.16. The lowest BCUT2D eigenvalue weighted by Gasteiger charge is -2.08. The van der Waals surface area contributed by atoms with Crippen LogP contribution in [-0.2, 0) is 16.0 Å². The number of carbonyl (C=O) groups is 1. The first-order valence-electron chi connectivity index (χ1n) is 4.82. The van der Waals surface area contributed by atoms with Crippen LogP contribution in [0.25, 0.3) is 10.4 Å². The number of azide groups is 1. The van der Waals surface area contributed by atoms with Crippen molar-refractivity contribution >= 4 is 5.97 Å². The van der Waals surface area contributed by atoms with Crippen LogP contribution in [0.3, 0.4) is 0 Å². The fourth-order valence-corrected chi connectivity index (χ4v) is 1.31. The molecule has 1 aromatic rings. The van der Waals surface area contributed by atoms with Crippen LogP contribution in [0.15, 0.2) is 29.4 Å². The average Bonchev–Trinajstić information content (AvgIpc) is 2.38. The van der Waals surface area contributed by atoms with E-state index in [1.165, 1.54) is 7.11 Å². The molecule has 6 heteroatoms. The third-order valence-electron chi connectivity index (χ3n) is 2.18. The SMILES string of the molecule is COC(=O)[C@H](Cc1ccc(C#N)cc1)N=[N+]=[N-]. The first-order chi connectivity index (χ1) is 8.21. The van der Waals surface area contributed by atoms with Gasteiger partial charge in [-0.1, -0.05) is 17.2 Å². The monoisotopic (exact) mass is 230 g/mol. The highest BCUT2D eigenvalue weighted by atomic mass is 16.5. The summed E-state index contributed by atoms with van der Waals surface area (Å²) in [7, 11) is 1.24. The molecule has 0 amide bonds. The molecule has 0 unspecified atom stereocenters. The summed E-state index contributed by atoms with van der Waals surface area (Å²) in [4.78, 5) is 13.9. The summed E-state index contributed by atoms with van der Waals surface area (Å²) in [5.41, 5.74) is 9.68. The Bertz CT molecular complexity index is 483. The first-order valence-corrected chi connectivity index (χ1v) is 4.82. The summed E-state index contributed by atoms with van der Waals surface area (Å²) in [5.74, 6) is -0.577. The molecule has 1 atom stereocenters. The summed E-state index contributed by atoms with van der Waals surface area (Å²) in [6.07, 6.45) is 0.252. The van der Waals surface area contributed by atoms with Crippen molar-refractivity contribution in [1.29, 1.82) is 5.26 Å². The number of ether oxygens (including phenoxy) is 1. The van der Waals surface area contributed by atoms with Gasteiger partial charge in [-0.15, -0.1) is 0 Å². The Morgan fingerprint density at radius 2 is 2.24 bits per heavy atom. The summed E-state index contributed by atoms with van der Waals surface area (Å²) >= 11 is 0. The maximum Gasteiger partial charge on any atom is 0.314 e. The molecule has 86 valence electrons. The zero-order chi connectivity index (χ0) is 12.7. The predicted octanol–water partition coefficient (Wildman–Crippen LogP) is 1.95. The van der Waals surface area contributed by atoms with E-state index in [1.54, 1.807) is 24.3 Å². The molecule has 0 aliphatic carbocycles. The molecule has 0 aliphatic heterocycles. The van der Waals surface area contributed by atoms with Gasteiger partial charge in [0.2, 0.25) is 0 Å². The van der Waals surface area contributed by atoms with Crippen molar-refractivity contribution in [2.75, 3.05) is 7.11 Å². The number of methoxy groups -OCH3 is 1. The normalized spacial score (nSPS) is 10.8. The minimum atomic E-state index is -0.877. The molecule has 0 fully saturated rings. The maximum atomic E-state index is 11.3. The third-order valence-corrected chi connectivity index (χ3v) is 2.18. The number of hydrogen-bond donors (Lipinski definition) is 0. The van der Waals surface area contributed by atoms with Crippen molar-refractivity contribution in [2.45, 2.75) is 12.5 Å². The van der Waals surface area contributed by atoms with Crippen molar-refractivity contribution in [3.63, 3.8) is 0 Å². The highest BCUT2D eigenvalue weighted by Gasteiger charge is 2.17. The minimum absolute atomic E-state index is 0.252. The van der Waals surface area contributed by atoms with E-state index in [-0.39, 0.29) is 6.42 Å². The molecule has 0 N–H and O–H groups in total. The molecular formula is C11H10N4O2. The van der Waals surface area contributed by atoms with Crippen molar-refractivity contribution in [1.82, 2.24) is 0 Å². The summed E-state index contributed by atoms with van der Waals surface area (Å²) in [6.45, 7) is 0. The lowest BCUT2D eigenvalue weighted by molar-refractivity contribution is -0.142. The fraction of sp³-hybridized carbons (Fsp3) is 0.273. The molecule has 0 aromatic heterocycles. The van der Waals surface area contributed by atoms with Crippen molar-refractivity contribution < 1.29 is 9.53 Å². The van der Waals surface area contributed by atoms with Gasteiger partial charge in [0.15, 0.2) is 0 Å². The van der Waals surface area contributed by atoms with Crippen LogP contribution in [0.5, 0.6) is 0 Å². The second-order valence-electron chi connectivity index (χ2n) is 3.26. The molecule has 0 radical (unpaired) electrons. The van der Waals surface area contributed by atoms with E-state index in [9.17, 15) is 4.79 Å². The minimum Gasteiger partial charge on any atom is -0.469 e. The van der Waals surface area contributed by atoms with Crippen LogP contribution in [0, 0.1) is 11.3 Å². The molecule has 0 bridgehead atoms. The van der Waals surface area contributed by atoms with Crippen LogP contribution in [0.2, 0.25) is 0 Å². The molecule has 0 saturated heterocycles. The van der Waals surface area contributed by atoms with Crippen LogP contribution in [0.1, 0.15) is 11.1 Å². The Hall–Kier alpha value is -2.51. The summed E-state index contributed by atoms with van der Waals surface area (Å²) in [6, 6.07) is 7.81. The predicted molar refractivity (Wildman–Crippen MR) is 59.8 cm³/mol. The largest absolute Gasteiger partial charge is 0.469 e. The van der Waals surface area contributed by atoms with Crippen LogP contribution >= 0.6 is 0 Å². The molecular weight excluding hydrogens is 220 g/mol. The van der Waals surface area contributed by atoms with Gasteiger partial charge in [0, 0.05) is 4.91 Å². The number of nitrogens with zero attached hydrogens (tertiary/aromatic N) is 4. The topological polar surface area (TPSA) is 98.9 Å². The smallest absolute Gasteiger partial charge is 0.314 e. The lowest BCUT2D eigenvalue weighted by atomic mass is 10.1. The van der Waals surface area contributed by atoms with Gasteiger partial charge >= 0.3 is 5.97 Å². The Kier molecular flexibility index (Phi) is 4.55. The van der Waals surface area contributed by atoms with Gasteiger partial charge in [0.05, 0.1) is 18.7 Å². The number of carbonyl (C=O) groups excluding carboxylic acids is 1. The zero-order valence-corrected chi connectivity index (χ0v) is 9.20. The number of esters is 1. The Morgan fingerprint density at radius 1 is 1.59 bits per heavy atom. The van der Waals surface area contributed by atoms with Gasteiger partial charge in [-0.25, -0.2) is 0 Å². The van der Waals surface area contributed by atoms with E-state index < -0.39 is 12.0 Å². The summed E-state index contributed by atoms with van der Waals surface area (Å²) in [5, 5.41) is 12.0. The van der Waals surface area contributed by atoms with E-state index >= 15 is 0 Å². The zero-order valence-electron chi connectivity index (χ0n) is 9.20. The first kappa shape index (κ1) is 12.6. The summed E-state index contributed by atoms with van der Waals surface area (Å²) < 4.78 is 4.53. The molecule has 0 saturated carbocycles. The highest BCUT2D eigenvalue weighted by molar-refractivity contribution is 5.76.